The van der Waals surface area contributed by atoms with Crippen molar-refractivity contribution < 1.29 is 8.42 Å². The van der Waals surface area contributed by atoms with Gasteiger partial charge in [-0.05, 0) is 6.07 Å². The molecule has 0 unspecified atom stereocenters. The van der Waals surface area contributed by atoms with E-state index in [9.17, 15) is 8.42 Å². The van der Waals surface area contributed by atoms with Gasteiger partial charge in [-0.2, -0.15) is 4.31 Å². The SMILES string of the molecule is CCN(CC)S(=O)(=O)c1c(CCl)sc2ccccc12. The number of rotatable bonds is 5. The Hall–Kier alpha value is -0.620. The smallest absolute Gasteiger partial charge is 0.207 e. The summed E-state index contributed by atoms with van der Waals surface area (Å²) in [4.78, 5) is 1.10. The molecular weight excluding hydrogens is 302 g/mol. The van der Waals surface area contributed by atoms with Crippen molar-refractivity contribution in [1.82, 2.24) is 4.31 Å². The zero-order valence-corrected chi connectivity index (χ0v) is 13.3. The second-order valence-corrected chi connectivity index (χ2v) is 7.35. The van der Waals surface area contributed by atoms with Crippen LogP contribution in [0.5, 0.6) is 0 Å². The van der Waals surface area contributed by atoms with Crippen molar-refractivity contribution in [2.75, 3.05) is 13.1 Å². The molecule has 0 radical (unpaired) electrons. The summed E-state index contributed by atoms with van der Waals surface area (Å²) in [5, 5.41) is 0.773. The van der Waals surface area contributed by atoms with Crippen molar-refractivity contribution in [1.29, 1.82) is 0 Å². The third kappa shape index (κ3) is 2.52. The molecule has 2 aromatic rings. The molecule has 19 heavy (non-hydrogen) atoms. The van der Waals surface area contributed by atoms with Gasteiger partial charge >= 0.3 is 0 Å². The van der Waals surface area contributed by atoms with Crippen molar-refractivity contribution in [3.05, 3.63) is 29.1 Å². The highest BCUT2D eigenvalue weighted by molar-refractivity contribution is 7.89. The summed E-state index contributed by atoms with van der Waals surface area (Å²) >= 11 is 7.38. The lowest BCUT2D eigenvalue weighted by Crippen LogP contribution is -2.30. The molecule has 0 aliphatic carbocycles. The number of hydrogen-bond donors (Lipinski definition) is 0. The molecular formula is C13H16ClNO2S2. The molecule has 3 nitrogen and oxygen atoms in total. The van der Waals surface area contributed by atoms with E-state index >= 15 is 0 Å². The molecule has 0 bridgehead atoms. The number of hydrogen-bond acceptors (Lipinski definition) is 3. The maximum Gasteiger partial charge on any atom is 0.244 e. The molecule has 1 heterocycles. The summed E-state index contributed by atoms with van der Waals surface area (Å²) in [5.74, 6) is 0.217. The normalized spacial score (nSPS) is 12.4. The first kappa shape index (κ1) is 14.8. The standard InChI is InChI=1S/C13H16ClNO2S2/c1-3-15(4-2)19(16,17)13-10-7-5-6-8-11(10)18-12(13)9-14/h5-8H,3-4,9H2,1-2H3. The van der Waals surface area contributed by atoms with Crippen molar-refractivity contribution in [2.24, 2.45) is 0 Å². The molecule has 0 N–H and O–H groups in total. The van der Waals surface area contributed by atoms with E-state index in [1.54, 1.807) is 0 Å². The minimum atomic E-state index is -3.47. The van der Waals surface area contributed by atoms with Crippen LogP contribution in [0.1, 0.15) is 18.7 Å². The molecule has 0 fully saturated rings. The zero-order chi connectivity index (χ0) is 14.0. The molecule has 0 aliphatic rings. The maximum atomic E-state index is 12.7. The second kappa shape index (κ2) is 5.79. The number of fused-ring (bicyclic) bond motifs is 1. The highest BCUT2D eigenvalue weighted by Crippen LogP contribution is 2.37. The Balaban J connectivity index is 2.73. The van der Waals surface area contributed by atoms with Gasteiger partial charge in [0, 0.05) is 28.1 Å². The Morgan fingerprint density at radius 1 is 1.21 bits per heavy atom. The van der Waals surface area contributed by atoms with Gasteiger partial charge in [-0.1, -0.05) is 32.0 Å². The van der Waals surface area contributed by atoms with Crippen molar-refractivity contribution in [3.8, 4) is 0 Å². The molecule has 6 heteroatoms. The van der Waals surface area contributed by atoms with Crippen molar-refractivity contribution >= 4 is 43.0 Å². The number of thiophene rings is 1. The molecule has 0 aliphatic heterocycles. The fourth-order valence-electron chi connectivity index (χ4n) is 2.14. The van der Waals surface area contributed by atoms with E-state index in [-0.39, 0.29) is 5.88 Å². The van der Waals surface area contributed by atoms with Gasteiger partial charge in [-0.15, -0.1) is 22.9 Å². The first-order valence-corrected chi connectivity index (χ1v) is 8.91. The summed E-state index contributed by atoms with van der Waals surface area (Å²) in [6.07, 6.45) is 0. The Bertz CT molecular complexity index is 675. The van der Waals surface area contributed by atoms with Crippen LogP contribution in [0.2, 0.25) is 0 Å². The van der Waals surface area contributed by atoms with Crippen LogP contribution in [0.4, 0.5) is 0 Å². The third-order valence-corrected chi connectivity index (χ3v) is 6.95. The molecule has 0 spiro atoms. The van der Waals surface area contributed by atoms with Crippen LogP contribution in [0.25, 0.3) is 10.1 Å². The molecule has 1 aromatic carbocycles. The van der Waals surface area contributed by atoms with Gasteiger partial charge in [0.25, 0.3) is 0 Å². The molecule has 1 aromatic heterocycles. The highest BCUT2D eigenvalue weighted by atomic mass is 35.5. The lowest BCUT2D eigenvalue weighted by atomic mass is 10.2. The van der Waals surface area contributed by atoms with Gasteiger partial charge in [-0.3, -0.25) is 0 Å². The lowest BCUT2D eigenvalue weighted by Gasteiger charge is -2.18. The molecule has 0 saturated heterocycles. The number of sulfonamides is 1. The van der Waals surface area contributed by atoms with Crippen molar-refractivity contribution in [3.63, 3.8) is 0 Å². The van der Waals surface area contributed by atoms with E-state index in [1.807, 2.05) is 38.1 Å². The number of alkyl halides is 1. The van der Waals surface area contributed by atoms with Crippen molar-refractivity contribution in [2.45, 2.75) is 24.6 Å². The monoisotopic (exact) mass is 317 g/mol. The topological polar surface area (TPSA) is 37.4 Å². The van der Waals surface area contributed by atoms with E-state index < -0.39 is 10.0 Å². The van der Waals surface area contributed by atoms with E-state index in [2.05, 4.69) is 0 Å². The van der Waals surface area contributed by atoms with E-state index in [0.717, 1.165) is 15.0 Å². The first-order chi connectivity index (χ1) is 9.06. The minimum absolute atomic E-state index is 0.217. The zero-order valence-electron chi connectivity index (χ0n) is 10.9. The maximum absolute atomic E-state index is 12.7. The highest BCUT2D eigenvalue weighted by Gasteiger charge is 2.28. The fraction of sp³-hybridized carbons (Fsp3) is 0.385. The average Bonchev–Trinajstić information content (AvgIpc) is 2.78. The summed E-state index contributed by atoms with van der Waals surface area (Å²) < 4.78 is 27.9. The van der Waals surface area contributed by atoms with E-state index in [0.29, 0.717) is 18.0 Å². The molecule has 104 valence electrons. The Morgan fingerprint density at radius 3 is 2.42 bits per heavy atom. The van der Waals surface area contributed by atoms with Crippen LogP contribution < -0.4 is 0 Å². The van der Waals surface area contributed by atoms with Gasteiger partial charge < -0.3 is 0 Å². The summed E-state index contributed by atoms with van der Waals surface area (Å²) in [6.45, 7) is 4.61. The van der Waals surface area contributed by atoms with Crippen LogP contribution in [0, 0.1) is 0 Å². The summed E-state index contributed by atoms with van der Waals surface area (Å²) in [5.41, 5.74) is 0. The van der Waals surface area contributed by atoms with Crippen LogP contribution in [0.3, 0.4) is 0 Å². The number of nitrogens with zero attached hydrogens (tertiary/aromatic N) is 1. The lowest BCUT2D eigenvalue weighted by molar-refractivity contribution is 0.445. The van der Waals surface area contributed by atoms with Gasteiger partial charge in [0.1, 0.15) is 4.90 Å². The Labute approximate surface area is 122 Å². The van der Waals surface area contributed by atoms with Crippen LogP contribution in [-0.2, 0) is 15.9 Å². The number of halogens is 1. The molecule has 2 rings (SSSR count). The minimum Gasteiger partial charge on any atom is -0.207 e. The number of benzene rings is 1. The van der Waals surface area contributed by atoms with Crippen LogP contribution in [0.15, 0.2) is 29.2 Å². The predicted octanol–water partition coefficient (Wildman–Crippen LogP) is 3.67. The molecule has 0 atom stereocenters. The Kier molecular flexibility index (Phi) is 4.50. The van der Waals surface area contributed by atoms with Gasteiger partial charge in [0.2, 0.25) is 10.0 Å². The quantitative estimate of drug-likeness (QED) is 0.789. The fourth-order valence-corrected chi connectivity index (χ4v) is 5.72. The third-order valence-electron chi connectivity index (χ3n) is 3.04. The largest absolute Gasteiger partial charge is 0.244 e. The van der Waals surface area contributed by atoms with Crippen LogP contribution in [-0.4, -0.2) is 25.8 Å². The summed E-state index contributed by atoms with van der Waals surface area (Å²) in [7, 11) is -3.47. The van der Waals surface area contributed by atoms with E-state index in [4.69, 9.17) is 11.6 Å². The van der Waals surface area contributed by atoms with Gasteiger partial charge in [0.15, 0.2) is 0 Å². The van der Waals surface area contributed by atoms with Gasteiger partial charge in [-0.25, -0.2) is 8.42 Å². The second-order valence-electron chi connectivity index (χ2n) is 4.07. The van der Waals surface area contributed by atoms with E-state index in [1.165, 1.54) is 15.6 Å². The molecule has 0 amide bonds. The van der Waals surface area contributed by atoms with Gasteiger partial charge in [0.05, 0.1) is 5.88 Å². The molecule has 0 saturated carbocycles. The Morgan fingerprint density at radius 2 is 1.84 bits per heavy atom. The predicted molar refractivity (Wildman–Crippen MR) is 81.5 cm³/mol. The summed E-state index contributed by atoms with van der Waals surface area (Å²) in [6, 6.07) is 7.54. The average molecular weight is 318 g/mol. The van der Waals surface area contributed by atoms with Crippen LogP contribution >= 0.6 is 22.9 Å². The first-order valence-electron chi connectivity index (χ1n) is 6.12.